The van der Waals surface area contributed by atoms with E-state index in [9.17, 15) is 5.11 Å². The van der Waals surface area contributed by atoms with Crippen LogP contribution in [0.4, 0.5) is 5.69 Å². The Morgan fingerprint density at radius 2 is 1.74 bits per heavy atom. The molecule has 1 heterocycles. The molecule has 0 aromatic heterocycles. The monoisotopic (exact) mass is 318 g/mol. The zero-order valence-corrected chi connectivity index (χ0v) is 15.2. The summed E-state index contributed by atoms with van der Waals surface area (Å²) in [5.74, 6) is 2.12. The quantitative estimate of drug-likeness (QED) is 0.721. The van der Waals surface area contributed by atoms with Crippen molar-refractivity contribution in [2.75, 3.05) is 37.6 Å². The molecular formula is C20H34N2O. The molecule has 1 N–H and O–H groups in total. The van der Waals surface area contributed by atoms with Gasteiger partial charge in [0.1, 0.15) is 5.75 Å². The van der Waals surface area contributed by atoms with Crippen molar-refractivity contribution in [1.82, 2.24) is 4.90 Å². The van der Waals surface area contributed by atoms with E-state index in [-0.39, 0.29) is 0 Å². The van der Waals surface area contributed by atoms with Gasteiger partial charge < -0.3 is 10.0 Å². The second-order valence-electron chi connectivity index (χ2n) is 7.23. The smallest absolute Gasteiger partial charge is 0.138 e. The molecule has 0 bridgehead atoms. The second-order valence-corrected chi connectivity index (χ2v) is 7.23. The summed E-state index contributed by atoms with van der Waals surface area (Å²) in [6.45, 7) is 12.5. The first kappa shape index (κ1) is 18.1. The summed E-state index contributed by atoms with van der Waals surface area (Å²) in [7, 11) is 0. The molecule has 1 unspecified atom stereocenters. The summed E-state index contributed by atoms with van der Waals surface area (Å²) >= 11 is 0. The van der Waals surface area contributed by atoms with Crippen LogP contribution in [0, 0.1) is 11.8 Å². The number of hydrogen-bond acceptors (Lipinski definition) is 3. The molecule has 0 amide bonds. The van der Waals surface area contributed by atoms with E-state index in [1.54, 1.807) is 6.07 Å². The predicted molar refractivity (Wildman–Crippen MR) is 99.2 cm³/mol. The minimum atomic E-state index is 0.403. The highest BCUT2D eigenvalue weighted by molar-refractivity contribution is 5.57. The van der Waals surface area contributed by atoms with Crippen molar-refractivity contribution in [2.45, 2.75) is 46.5 Å². The van der Waals surface area contributed by atoms with Crippen molar-refractivity contribution >= 4 is 5.69 Å². The molecule has 1 saturated heterocycles. The van der Waals surface area contributed by atoms with Crippen LogP contribution in [0.1, 0.15) is 46.5 Å². The normalized spacial score (nSPS) is 17.7. The van der Waals surface area contributed by atoms with Crippen molar-refractivity contribution in [3.63, 3.8) is 0 Å². The van der Waals surface area contributed by atoms with Gasteiger partial charge in [-0.3, -0.25) is 4.90 Å². The van der Waals surface area contributed by atoms with Gasteiger partial charge in [-0.25, -0.2) is 0 Å². The van der Waals surface area contributed by atoms with E-state index in [0.29, 0.717) is 5.75 Å². The zero-order chi connectivity index (χ0) is 16.7. The van der Waals surface area contributed by atoms with Gasteiger partial charge in [0.05, 0.1) is 5.69 Å². The van der Waals surface area contributed by atoms with Crippen molar-refractivity contribution in [3.8, 4) is 5.75 Å². The largest absolute Gasteiger partial charge is 0.506 e. The van der Waals surface area contributed by atoms with Crippen LogP contribution in [0.25, 0.3) is 0 Å². The third-order valence-electron chi connectivity index (χ3n) is 5.36. The number of anilines is 1. The molecule has 1 aromatic rings. The number of phenolic OH excluding ortho intramolecular Hbond substituents is 1. The van der Waals surface area contributed by atoms with Crippen LogP contribution in [-0.2, 0) is 0 Å². The van der Waals surface area contributed by atoms with Gasteiger partial charge in [0.15, 0.2) is 0 Å². The summed E-state index contributed by atoms with van der Waals surface area (Å²) in [6.07, 6.45) is 5.37. The van der Waals surface area contributed by atoms with Gasteiger partial charge in [0.2, 0.25) is 0 Å². The van der Waals surface area contributed by atoms with Crippen LogP contribution in [-0.4, -0.2) is 42.7 Å². The molecule has 3 heteroatoms. The lowest BCUT2D eigenvalue weighted by Gasteiger charge is -2.36. The predicted octanol–water partition coefficient (Wildman–Crippen LogP) is 4.37. The van der Waals surface area contributed by atoms with Crippen LogP contribution in [0.3, 0.4) is 0 Å². The molecule has 1 aliphatic rings. The molecular weight excluding hydrogens is 284 g/mol. The fourth-order valence-corrected chi connectivity index (χ4v) is 3.69. The topological polar surface area (TPSA) is 26.7 Å². The number of aromatic hydroxyl groups is 1. The van der Waals surface area contributed by atoms with Gasteiger partial charge in [-0.05, 0) is 36.9 Å². The first-order chi connectivity index (χ1) is 11.1. The summed E-state index contributed by atoms with van der Waals surface area (Å²) in [5.41, 5.74) is 0.981. The molecule has 0 spiro atoms. The number of benzene rings is 1. The maximum absolute atomic E-state index is 9.97. The number of nitrogens with zero attached hydrogens (tertiary/aromatic N) is 2. The lowest BCUT2D eigenvalue weighted by atomic mass is 9.88. The SMILES string of the molecule is CCC(CCCCN1CCN(c2ccccc2O)CC1)C(C)C. The number of unbranched alkanes of at least 4 members (excludes halogenated alkanes) is 1. The minimum absolute atomic E-state index is 0.403. The molecule has 3 nitrogen and oxygen atoms in total. The highest BCUT2D eigenvalue weighted by Crippen LogP contribution is 2.27. The number of piperazine rings is 1. The first-order valence-corrected chi connectivity index (χ1v) is 9.37. The Balaban J connectivity index is 1.66. The molecule has 0 radical (unpaired) electrons. The van der Waals surface area contributed by atoms with Crippen molar-refractivity contribution in [3.05, 3.63) is 24.3 Å². The van der Waals surface area contributed by atoms with Crippen molar-refractivity contribution < 1.29 is 5.11 Å². The number of phenols is 1. The van der Waals surface area contributed by atoms with Crippen molar-refractivity contribution in [1.29, 1.82) is 0 Å². The Bertz CT molecular complexity index is 453. The van der Waals surface area contributed by atoms with Gasteiger partial charge in [0.25, 0.3) is 0 Å². The van der Waals surface area contributed by atoms with Crippen LogP contribution in [0.5, 0.6) is 5.75 Å². The van der Waals surface area contributed by atoms with Gasteiger partial charge in [-0.15, -0.1) is 0 Å². The molecule has 23 heavy (non-hydrogen) atoms. The Hall–Kier alpha value is -1.22. The zero-order valence-electron chi connectivity index (χ0n) is 15.2. The summed E-state index contributed by atoms with van der Waals surface area (Å²) < 4.78 is 0. The Morgan fingerprint density at radius 1 is 1.04 bits per heavy atom. The average molecular weight is 319 g/mol. The average Bonchev–Trinajstić information content (AvgIpc) is 2.56. The third kappa shape index (κ3) is 5.42. The Labute approximate surface area is 142 Å². The third-order valence-corrected chi connectivity index (χ3v) is 5.36. The summed E-state index contributed by atoms with van der Waals surface area (Å²) in [5, 5.41) is 9.97. The molecule has 1 aliphatic heterocycles. The summed E-state index contributed by atoms with van der Waals surface area (Å²) in [6, 6.07) is 7.68. The van der Waals surface area contributed by atoms with Gasteiger partial charge >= 0.3 is 0 Å². The van der Waals surface area contributed by atoms with Gasteiger partial charge in [-0.1, -0.05) is 52.2 Å². The highest BCUT2D eigenvalue weighted by Gasteiger charge is 2.18. The molecule has 130 valence electrons. The van der Waals surface area contributed by atoms with Crippen LogP contribution in [0.15, 0.2) is 24.3 Å². The first-order valence-electron chi connectivity index (χ1n) is 9.37. The number of para-hydroxylation sites is 2. The maximum Gasteiger partial charge on any atom is 0.138 e. The summed E-state index contributed by atoms with van der Waals surface area (Å²) in [4.78, 5) is 4.88. The van der Waals surface area contributed by atoms with E-state index in [1.165, 1.54) is 32.2 Å². The second kappa shape index (κ2) is 9.17. The fourth-order valence-electron chi connectivity index (χ4n) is 3.69. The van der Waals surface area contributed by atoms with E-state index in [1.807, 2.05) is 18.2 Å². The maximum atomic E-state index is 9.97. The molecule has 2 rings (SSSR count). The Kier molecular flexibility index (Phi) is 7.22. The lowest BCUT2D eigenvalue weighted by molar-refractivity contribution is 0.245. The van der Waals surface area contributed by atoms with Crippen LogP contribution < -0.4 is 4.90 Å². The molecule has 0 saturated carbocycles. The van der Waals surface area contributed by atoms with Gasteiger partial charge in [-0.2, -0.15) is 0 Å². The van der Waals surface area contributed by atoms with Crippen molar-refractivity contribution in [2.24, 2.45) is 11.8 Å². The highest BCUT2D eigenvalue weighted by atomic mass is 16.3. The number of rotatable bonds is 8. The standard InChI is InChI=1S/C20H34N2O/c1-4-18(17(2)3)9-7-8-12-21-13-15-22(16-14-21)19-10-5-6-11-20(19)23/h5-6,10-11,17-18,23H,4,7-9,12-16H2,1-3H3. The minimum Gasteiger partial charge on any atom is -0.506 e. The molecule has 1 atom stereocenters. The van der Waals surface area contributed by atoms with Crippen LogP contribution >= 0.6 is 0 Å². The van der Waals surface area contributed by atoms with E-state index in [2.05, 4.69) is 30.6 Å². The van der Waals surface area contributed by atoms with E-state index < -0.39 is 0 Å². The van der Waals surface area contributed by atoms with Gasteiger partial charge in [0, 0.05) is 26.2 Å². The van der Waals surface area contributed by atoms with E-state index >= 15 is 0 Å². The van der Waals surface area contributed by atoms with E-state index in [0.717, 1.165) is 43.7 Å². The lowest BCUT2D eigenvalue weighted by Crippen LogP contribution is -2.46. The van der Waals surface area contributed by atoms with Crippen LogP contribution in [0.2, 0.25) is 0 Å². The molecule has 0 aliphatic carbocycles. The molecule has 1 fully saturated rings. The Morgan fingerprint density at radius 3 is 2.35 bits per heavy atom. The fraction of sp³-hybridized carbons (Fsp3) is 0.700. The molecule has 1 aromatic carbocycles. The van der Waals surface area contributed by atoms with E-state index in [4.69, 9.17) is 0 Å². The number of hydrogen-bond donors (Lipinski definition) is 1.